The molecule has 2 aromatic rings. The number of aryl methyl sites for hydroxylation is 2. The van der Waals surface area contributed by atoms with Gasteiger partial charge in [-0.2, -0.15) is 26.3 Å². The van der Waals surface area contributed by atoms with Crippen LogP contribution in [0.5, 0.6) is 5.75 Å². The molecular weight excluding hydrogens is 926 g/mol. The van der Waals surface area contributed by atoms with Crippen LogP contribution in [0.3, 0.4) is 0 Å². The van der Waals surface area contributed by atoms with E-state index in [4.69, 9.17) is 22.5 Å². The minimum atomic E-state index is -5.10. The lowest BCUT2D eigenvalue weighted by atomic mass is 10.0. The van der Waals surface area contributed by atoms with Gasteiger partial charge in [0.2, 0.25) is 5.91 Å². The number of benzene rings is 1. The van der Waals surface area contributed by atoms with Gasteiger partial charge in [-0.3, -0.25) is 18.9 Å². The number of carbonyl (C=O) groups is 3. The number of carbonyl (C=O) groups excluding carboxylic acids is 3. The highest BCUT2D eigenvalue weighted by Gasteiger charge is 2.40. The summed E-state index contributed by atoms with van der Waals surface area (Å²) in [6.07, 6.45) is -6.59. The molecular formula is C42H65F6N5O11P2. The first-order valence-corrected chi connectivity index (χ1v) is 24.9. The van der Waals surface area contributed by atoms with E-state index >= 15 is 0 Å². The minimum absolute atomic E-state index is 0.0738. The van der Waals surface area contributed by atoms with Crippen LogP contribution in [0.15, 0.2) is 21.3 Å². The summed E-state index contributed by atoms with van der Waals surface area (Å²) in [7, 11) is -5.98. The van der Waals surface area contributed by atoms with E-state index in [9.17, 15) is 55.2 Å². The highest BCUT2D eigenvalue weighted by molar-refractivity contribution is 7.63. The molecule has 0 radical (unpaired) electrons. The molecule has 0 bridgehead atoms. The summed E-state index contributed by atoms with van der Waals surface area (Å²) in [5, 5.41) is 20.9. The number of fused-ring (bicyclic) bond motifs is 1. The summed E-state index contributed by atoms with van der Waals surface area (Å²) in [5.41, 5.74) is -0.801. The Hall–Kier alpha value is -3.36. The molecule has 0 aliphatic carbocycles. The number of hydrogen-bond acceptors (Lipinski definition) is 13. The van der Waals surface area contributed by atoms with E-state index < -0.39 is 83.3 Å². The highest BCUT2D eigenvalue weighted by Crippen LogP contribution is 2.52. The number of alkyl halides is 6. The molecule has 1 aliphatic heterocycles. The maximum Gasteiger partial charge on any atom is 0.471 e. The molecule has 5 N–H and O–H groups in total. The minimum Gasteiger partial charge on any atom is -0.507 e. The van der Waals surface area contributed by atoms with Crippen molar-refractivity contribution in [3.05, 3.63) is 33.7 Å². The van der Waals surface area contributed by atoms with Gasteiger partial charge in [0.1, 0.15) is 11.1 Å². The van der Waals surface area contributed by atoms with E-state index in [1.807, 2.05) is 0 Å². The summed E-state index contributed by atoms with van der Waals surface area (Å²) >= 11 is 0. The largest absolute Gasteiger partial charge is 0.507 e. The zero-order chi connectivity index (χ0) is 49.2. The Kier molecular flexibility index (Phi) is 23.3. The number of rotatable bonds is 31. The number of nitrogens with zero attached hydrogens (tertiary/aromatic N) is 1. The quantitative estimate of drug-likeness (QED) is 0.0165. The smallest absolute Gasteiger partial charge is 0.471 e. The van der Waals surface area contributed by atoms with Gasteiger partial charge in [-0.1, -0.05) is 12.8 Å². The molecule has 376 valence electrons. The molecule has 66 heavy (non-hydrogen) atoms. The SMILES string of the molecule is Cc1cc(=O)oc2c(P(=O)(OCCCCNC(=O)C(F)(F)F)OCCCCNC(=O)C(F)(F)F)c(O)c(CCC(=O)NCCCCCCOP(OCCC3NC3C)N(C(C)C)C(C)C)cc12. The van der Waals surface area contributed by atoms with Crippen LogP contribution in [0.4, 0.5) is 26.3 Å². The molecule has 1 fully saturated rings. The lowest BCUT2D eigenvalue weighted by Gasteiger charge is -2.35. The first-order valence-electron chi connectivity index (χ1n) is 22.2. The van der Waals surface area contributed by atoms with E-state index in [2.05, 4.69) is 49.9 Å². The molecule has 3 rings (SSSR count). The topological polar surface area (TPSA) is 217 Å². The number of nitrogens with one attached hydrogen (secondary N) is 4. The Labute approximate surface area is 382 Å². The van der Waals surface area contributed by atoms with Crippen molar-refractivity contribution in [1.29, 1.82) is 0 Å². The number of phenolic OH excluding ortho intramolecular Hbond substituents is 1. The van der Waals surface area contributed by atoms with Crippen LogP contribution in [0.2, 0.25) is 0 Å². The normalized spacial score (nSPS) is 16.0. The average Bonchev–Trinajstić information content (AvgIpc) is 3.93. The zero-order valence-corrected chi connectivity index (χ0v) is 40.1. The van der Waals surface area contributed by atoms with Crippen molar-refractivity contribution in [3.63, 3.8) is 0 Å². The molecule has 1 aliphatic rings. The van der Waals surface area contributed by atoms with Gasteiger partial charge in [0, 0.05) is 61.7 Å². The predicted molar refractivity (Wildman–Crippen MR) is 236 cm³/mol. The Morgan fingerprint density at radius 2 is 1.32 bits per heavy atom. The molecule has 0 spiro atoms. The molecule has 2 heterocycles. The molecule has 1 aromatic carbocycles. The fourth-order valence-corrected chi connectivity index (χ4v) is 10.4. The third-order valence-corrected chi connectivity index (χ3v) is 14.5. The van der Waals surface area contributed by atoms with Crippen LogP contribution in [0, 0.1) is 6.92 Å². The highest BCUT2D eigenvalue weighted by atomic mass is 31.2. The summed E-state index contributed by atoms with van der Waals surface area (Å²) < 4.78 is 122. The maximum atomic E-state index is 14.7. The fraction of sp³-hybridized carbons (Fsp3) is 0.714. The Morgan fingerprint density at radius 3 is 1.85 bits per heavy atom. The van der Waals surface area contributed by atoms with Crippen molar-refractivity contribution < 1.29 is 72.9 Å². The van der Waals surface area contributed by atoms with Crippen molar-refractivity contribution in [3.8, 4) is 5.75 Å². The van der Waals surface area contributed by atoms with Crippen LogP contribution in [0.1, 0.15) is 110 Å². The summed E-state index contributed by atoms with van der Waals surface area (Å²) in [4.78, 5) is 47.9. The van der Waals surface area contributed by atoms with Crippen molar-refractivity contribution in [2.24, 2.45) is 0 Å². The van der Waals surface area contributed by atoms with Crippen molar-refractivity contribution >= 4 is 50.1 Å². The number of aromatic hydroxyl groups is 1. The van der Waals surface area contributed by atoms with Crippen LogP contribution in [-0.4, -0.2) is 110 Å². The first-order chi connectivity index (χ1) is 31.0. The van der Waals surface area contributed by atoms with E-state index in [-0.39, 0.29) is 73.0 Å². The zero-order valence-electron chi connectivity index (χ0n) is 38.3. The second-order valence-electron chi connectivity index (χ2n) is 16.5. The van der Waals surface area contributed by atoms with Gasteiger partial charge in [0.25, 0.3) is 8.53 Å². The van der Waals surface area contributed by atoms with E-state index in [1.54, 1.807) is 17.6 Å². The van der Waals surface area contributed by atoms with Gasteiger partial charge in [0.05, 0.1) is 26.4 Å². The third kappa shape index (κ3) is 19.0. The van der Waals surface area contributed by atoms with Crippen LogP contribution in [0.25, 0.3) is 11.0 Å². The van der Waals surface area contributed by atoms with E-state index in [0.29, 0.717) is 43.8 Å². The molecule has 3 atom stereocenters. The average molecular weight is 992 g/mol. The van der Waals surface area contributed by atoms with Crippen LogP contribution >= 0.6 is 16.1 Å². The van der Waals surface area contributed by atoms with Gasteiger partial charge in [0.15, 0.2) is 5.58 Å². The van der Waals surface area contributed by atoms with Gasteiger partial charge < -0.3 is 48.9 Å². The Bertz CT molecular complexity index is 1940. The number of halogens is 6. The lowest BCUT2D eigenvalue weighted by molar-refractivity contribution is -0.173. The first kappa shape index (κ1) is 57.0. The third-order valence-electron chi connectivity index (χ3n) is 10.4. The molecule has 1 aromatic heterocycles. The van der Waals surface area contributed by atoms with Gasteiger partial charge in [-0.05, 0) is 110 Å². The van der Waals surface area contributed by atoms with Gasteiger partial charge >= 0.3 is 37.4 Å². The molecule has 16 nitrogen and oxygen atoms in total. The van der Waals surface area contributed by atoms with Crippen molar-refractivity contribution in [2.45, 2.75) is 149 Å². The number of phenols is 1. The predicted octanol–water partition coefficient (Wildman–Crippen LogP) is 7.31. The second kappa shape index (κ2) is 27.0. The fourth-order valence-electron chi connectivity index (χ4n) is 6.82. The number of unbranched alkanes of at least 4 members (excludes halogenated alkanes) is 5. The van der Waals surface area contributed by atoms with Crippen molar-refractivity contribution in [1.82, 2.24) is 25.9 Å². The standard InChI is InChI=1S/C42H65F6N5O11P2/c1-27(2)53(28(3)4)65(61-24-17-33-30(6)52-33)60-21-12-8-7-9-18-49-34(54)16-15-31-26-32-29(5)25-35(55)64-37(32)38(36(31)56)66(59,62-22-13-10-19-50-39(57)41(43,44)45)63-23-14-11-20-51-40(58)42(46,47)48/h25-28,30,33,52,56H,7-24H2,1-6H3,(H,49,54)(H,50,57)(H,51,58). The maximum absolute atomic E-state index is 14.7. The Balaban J connectivity index is 1.64. The summed E-state index contributed by atoms with van der Waals surface area (Å²) in [6, 6.07) is 4.10. The molecule has 1 saturated heterocycles. The van der Waals surface area contributed by atoms with E-state index in [0.717, 1.165) is 31.7 Å². The van der Waals surface area contributed by atoms with Crippen molar-refractivity contribution in [2.75, 3.05) is 46.1 Å². The summed E-state index contributed by atoms with van der Waals surface area (Å²) in [6.45, 7) is 12.0. The molecule has 3 unspecified atom stereocenters. The Morgan fingerprint density at radius 1 is 0.818 bits per heavy atom. The monoisotopic (exact) mass is 991 g/mol. The van der Waals surface area contributed by atoms with E-state index in [1.165, 1.54) is 6.07 Å². The summed E-state index contributed by atoms with van der Waals surface area (Å²) in [5.74, 6) is -5.34. The molecule has 3 amide bonds. The van der Waals surface area contributed by atoms with Crippen LogP contribution in [-0.2, 0) is 43.5 Å². The van der Waals surface area contributed by atoms with Gasteiger partial charge in [-0.15, -0.1) is 0 Å². The number of amides is 3. The second-order valence-corrected chi connectivity index (χ2v) is 19.9. The molecule has 0 saturated carbocycles. The van der Waals surface area contributed by atoms with Gasteiger partial charge in [-0.25, -0.2) is 9.46 Å². The molecule has 24 heteroatoms. The lowest BCUT2D eigenvalue weighted by Crippen LogP contribution is -2.37. The van der Waals surface area contributed by atoms with Crippen LogP contribution < -0.4 is 32.2 Å². The number of hydrogen-bond donors (Lipinski definition) is 5.